The molecule has 0 fully saturated rings. The van der Waals surface area contributed by atoms with Crippen molar-refractivity contribution in [2.75, 3.05) is 4.90 Å². The molecule has 1 heterocycles. The summed E-state index contributed by atoms with van der Waals surface area (Å²) in [7, 11) is 0. The van der Waals surface area contributed by atoms with Gasteiger partial charge in [0, 0.05) is 16.3 Å². The van der Waals surface area contributed by atoms with Gasteiger partial charge in [0.25, 0.3) is 0 Å². The lowest BCUT2D eigenvalue weighted by atomic mass is 10.1. The average Bonchev–Trinajstić information content (AvgIpc) is 2.65. The van der Waals surface area contributed by atoms with Crippen LogP contribution >= 0.6 is 11.6 Å². The van der Waals surface area contributed by atoms with Gasteiger partial charge in [-0.2, -0.15) is 0 Å². The topological polar surface area (TPSA) is 46.3 Å². The zero-order valence-electron chi connectivity index (χ0n) is 10.2. The smallest absolute Gasteiger partial charge is 0.248 e. The molecule has 1 aliphatic rings. The number of amides is 1. The van der Waals surface area contributed by atoms with E-state index in [0.29, 0.717) is 11.6 Å². The molecule has 0 saturated carbocycles. The molecule has 3 nitrogen and oxygen atoms in total. The fraction of sp³-hybridized carbons (Fsp3) is 0.133. The highest BCUT2D eigenvalue weighted by molar-refractivity contribution is 6.31. The van der Waals surface area contributed by atoms with Gasteiger partial charge >= 0.3 is 0 Å². The SMILES string of the molecule is N[C@H]1C(=O)N(Cc2ccccc2)c2ccc(Cl)cc21. The van der Waals surface area contributed by atoms with E-state index in [9.17, 15) is 4.79 Å². The van der Waals surface area contributed by atoms with Crippen LogP contribution in [0.15, 0.2) is 48.5 Å². The molecule has 1 atom stereocenters. The third-order valence-corrected chi connectivity index (χ3v) is 3.57. The van der Waals surface area contributed by atoms with E-state index in [0.717, 1.165) is 16.8 Å². The summed E-state index contributed by atoms with van der Waals surface area (Å²) in [4.78, 5) is 13.9. The van der Waals surface area contributed by atoms with E-state index >= 15 is 0 Å². The molecule has 1 amide bonds. The largest absolute Gasteiger partial charge is 0.316 e. The quantitative estimate of drug-likeness (QED) is 0.914. The van der Waals surface area contributed by atoms with Gasteiger partial charge in [0.1, 0.15) is 6.04 Å². The predicted octanol–water partition coefficient (Wildman–Crippen LogP) is 2.89. The lowest BCUT2D eigenvalue weighted by Crippen LogP contribution is -2.31. The number of nitrogens with zero attached hydrogens (tertiary/aromatic N) is 1. The van der Waals surface area contributed by atoms with Crippen LogP contribution < -0.4 is 10.6 Å². The van der Waals surface area contributed by atoms with Crippen LogP contribution in [-0.2, 0) is 11.3 Å². The molecule has 2 aromatic rings. The van der Waals surface area contributed by atoms with Crippen molar-refractivity contribution < 1.29 is 4.79 Å². The molecule has 96 valence electrons. The maximum Gasteiger partial charge on any atom is 0.248 e. The van der Waals surface area contributed by atoms with Crippen LogP contribution in [-0.4, -0.2) is 5.91 Å². The van der Waals surface area contributed by atoms with Crippen molar-refractivity contribution in [2.45, 2.75) is 12.6 Å². The van der Waals surface area contributed by atoms with Gasteiger partial charge in [-0.05, 0) is 23.8 Å². The van der Waals surface area contributed by atoms with Gasteiger partial charge in [-0.1, -0.05) is 41.9 Å². The highest BCUT2D eigenvalue weighted by Gasteiger charge is 2.34. The van der Waals surface area contributed by atoms with E-state index < -0.39 is 6.04 Å². The lowest BCUT2D eigenvalue weighted by molar-refractivity contribution is -0.119. The van der Waals surface area contributed by atoms with Crippen LogP contribution in [0, 0.1) is 0 Å². The minimum absolute atomic E-state index is 0.0823. The summed E-state index contributed by atoms with van der Waals surface area (Å²) in [5, 5.41) is 0.601. The van der Waals surface area contributed by atoms with Gasteiger partial charge in [-0.15, -0.1) is 0 Å². The van der Waals surface area contributed by atoms with Gasteiger partial charge in [0.2, 0.25) is 5.91 Å². The summed E-state index contributed by atoms with van der Waals surface area (Å²) < 4.78 is 0. The van der Waals surface area contributed by atoms with Crippen molar-refractivity contribution >= 4 is 23.2 Å². The van der Waals surface area contributed by atoms with E-state index in [2.05, 4.69) is 0 Å². The Balaban J connectivity index is 1.98. The zero-order valence-corrected chi connectivity index (χ0v) is 11.0. The molecule has 0 bridgehead atoms. The van der Waals surface area contributed by atoms with E-state index in [1.54, 1.807) is 17.0 Å². The minimum Gasteiger partial charge on any atom is -0.316 e. The summed E-state index contributed by atoms with van der Waals surface area (Å²) in [5.41, 5.74) is 8.68. The first-order chi connectivity index (χ1) is 9.16. The monoisotopic (exact) mass is 272 g/mol. The molecule has 0 aromatic heterocycles. The van der Waals surface area contributed by atoms with E-state index in [1.165, 1.54) is 0 Å². The first kappa shape index (κ1) is 12.2. The Morgan fingerprint density at radius 3 is 2.63 bits per heavy atom. The number of carbonyl (C=O) groups excluding carboxylic acids is 1. The average molecular weight is 273 g/mol. The molecule has 19 heavy (non-hydrogen) atoms. The second-order valence-corrected chi connectivity index (χ2v) is 5.03. The van der Waals surface area contributed by atoms with Crippen molar-refractivity contribution in [1.29, 1.82) is 0 Å². The van der Waals surface area contributed by atoms with Crippen LogP contribution in [0.5, 0.6) is 0 Å². The summed E-state index contributed by atoms with van der Waals surface area (Å²) in [5.74, 6) is -0.0823. The van der Waals surface area contributed by atoms with Crippen molar-refractivity contribution in [3.8, 4) is 0 Å². The zero-order chi connectivity index (χ0) is 13.4. The van der Waals surface area contributed by atoms with E-state index in [4.69, 9.17) is 17.3 Å². The molecular formula is C15H13ClN2O. The highest BCUT2D eigenvalue weighted by atomic mass is 35.5. The number of carbonyl (C=O) groups is 1. The Labute approximate surface area is 116 Å². The van der Waals surface area contributed by atoms with Gasteiger partial charge in [0.05, 0.1) is 6.54 Å². The molecule has 4 heteroatoms. The van der Waals surface area contributed by atoms with Crippen LogP contribution in [0.2, 0.25) is 5.02 Å². The van der Waals surface area contributed by atoms with Crippen LogP contribution in [0.4, 0.5) is 5.69 Å². The van der Waals surface area contributed by atoms with Crippen molar-refractivity contribution in [3.63, 3.8) is 0 Å². The van der Waals surface area contributed by atoms with Crippen LogP contribution in [0.1, 0.15) is 17.2 Å². The summed E-state index contributed by atoms with van der Waals surface area (Å²) in [6, 6.07) is 14.6. The molecule has 2 aromatic carbocycles. The number of hydrogen-bond acceptors (Lipinski definition) is 2. The van der Waals surface area contributed by atoms with Gasteiger partial charge in [0.15, 0.2) is 0 Å². The third-order valence-electron chi connectivity index (χ3n) is 3.33. The molecular weight excluding hydrogens is 260 g/mol. The number of rotatable bonds is 2. The van der Waals surface area contributed by atoms with Gasteiger partial charge in [-0.25, -0.2) is 0 Å². The standard InChI is InChI=1S/C15H13ClN2O/c16-11-6-7-13-12(8-11)14(17)15(19)18(13)9-10-4-2-1-3-5-10/h1-8,14H,9,17H2/t14-/m1/s1. The van der Waals surface area contributed by atoms with Gasteiger partial charge in [-0.3, -0.25) is 4.79 Å². The highest BCUT2D eigenvalue weighted by Crippen LogP contribution is 2.37. The van der Waals surface area contributed by atoms with Crippen molar-refractivity contribution in [3.05, 3.63) is 64.7 Å². The molecule has 3 rings (SSSR count). The Morgan fingerprint density at radius 1 is 1.16 bits per heavy atom. The number of anilines is 1. The van der Waals surface area contributed by atoms with Crippen LogP contribution in [0.3, 0.4) is 0 Å². The van der Waals surface area contributed by atoms with Crippen molar-refractivity contribution in [1.82, 2.24) is 0 Å². The molecule has 0 spiro atoms. The normalized spacial score (nSPS) is 17.7. The Bertz CT molecular complexity index is 627. The maximum absolute atomic E-state index is 12.2. The van der Waals surface area contributed by atoms with Gasteiger partial charge < -0.3 is 10.6 Å². The molecule has 1 aliphatic heterocycles. The molecule has 0 radical (unpaired) electrons. The lowest BCUT2D eigenvalue weighted by Gasteiger charge is -2.17. The second kappa shape index (κ2) is 4.68. The fourth-order valence-electron chi connectivity index (χ4n) is 2.37. The Kier molecular flexibility index (Phi) is 3.01. The third kappa shape index (κ3) is 2.11. The fourth-order valence-corrected chi connectivity index (χ4v) is 2.55. The van der Waals surface area contributed by atoms with E-state index in [-0.39, 0.29) is 5.91 Å². The van der Waals surface area contributed by atoms with Crippen LogP contribution in [0.25, 0.3) is 0 Å². The Morgan fingerprint density at radius 2 is 1.89 bits per heavy atom. The number of fused-ring (bicyclic) bond motifs is 1. The minimum atomic E-state index is -0.614. The first-order valence-corrected chi connectivity index (χ1v) is 6.45. The summed E-state index contributed by atoms with van der Waals surface area (Å²) >= 11 is 5.96. The first-order valence-electron chi connectivity index (χ1n) is 6.07. The second-order valence-electron chi connectivity index (χ2n) is 4.59. The predicted molar refractivity (Wildman–Crippen MR) is 76.0 cm³/mol. The summed E-state index contributed by atoms with van der Waals surface area (Å²) in [6.45, 7) is 0.530. The number of benzene rings is 2. The molecule has 0 unspecified atom stereocenters. The number of nitrogens with two attached hydrogens (primary N) is 1. The van der Waals surface area contributed by atoms with E-state index in [1.807, 2.05) is 36.4 Å². The number of halogens is 1. The number of hydrogen-bond donors (Lipinski definition) is 1. The maximum atomic E-state index is 12.2. The Hall–Kier alpha value is -1.84. The molecule has 0 aliphatic carbocycles. The molecule has 0 saturated heterocycles. The van der Waals surface area contributed by atoms with Crippen molar-refractivity contribution in [2.24, 2.45) is 5.73 Å². The molecule has 2 N–H and O–H groups in total. The summed E-state index contributed by atoms with van der Waals surface area (Å²) in [6.07, 6.45) is 0.